The van der Waals surface area contributed by atoms with Gasteiger partial charge in [0, 0.05) is 5.56 Å². The van der Waals surface area contributed by atoms with Crippen LogP contribution in [0.15, 0.2) is 42.5 Å². The Balaban J connectivity index is 1.80. The Kier molecular flexibility index (Phi) is 3.08. The zero-order valence-electron chi connectivity index (χ0n) is 10.2. The predicted molar refractivity (Wildman–Crippen MR) is 70.0 cm³/mol. The lowest BCUT2D eigenvalue weighted by molar-refractivity contribution is -0.958. The fraction of sp³-hybridized carbons (Fsp3) is 0.333. The number of nitrogens with one attached hydrogen (secondary N) is 1. The summed E-state index contributed by atoms with van der Waals surface area (Å²) in [6.07, 6.45) is 0. The molecule has 0 unspecified atom stereocenters. The number of piperazine rings is 1. The molecule has 0 aliphatic carbocycles. The molecule has 2 aromatic carbocycles. The van der Waals surface area contributed by atoms with Gasteiger partial charge in [0.25, 0.3) is 0 Å². The number of nitrogens with two attached hydrogens (primary N) is 1. The summed E-state index contributed by atoms with van der Waals surface area (Å²) in [4.78, 5) is 1.72. The number of hydrogen-bond donors (Lipinski definition) is 2. The first-order chi connectivity index (χ1) is 8.42. The van der Waals surface area contributed by atoms with Gasteiger partial charge in [-0.2, -0.15) is 0 Å². The van der Waals surface area contributed by atoms with Gasteiger partial charge in [-0.05, 0) is 16.8 Å². The minimum Gasteiger partial charge on any atom is -0.337 e. The normalized spacial score (nSPS) is 17.4. The molecule has 0 atom stereocenters. The largest absolute Gasteiger partial charge is 0.337 e. The Hall–Kier alpha value is -1.38. The number of hydrogen-bond acceptors (Lipinski definition) is 0. The molecule has 88 valence electrons. The Morgan fingerprint density at radius 3 is 2.53 bits per heavy atom. The molecular formula is C15H20N2+2. The Morgan fingerprint density at radius 1 is 0.941 bits per heavy atom. The van der Waals surface area contributed by atoms with Gasteiger partial charge in [-0.25, -0.2) is 0 Å². The van der Waals surface area contributed by atoms with Gasteiger partial charge in [-0.1, -0.05) is 36.4 Å². The molecule has 17 heavy (non-hydrogen) atoms. The van der Waals surface area contributed by atoms with Crippen molar-refractivity contribution in [2.45, 2.75) is 6.54 Å². The average Bonchev–Trinajstić information content (AvgIpc) is 2.40. The summed E-state index contributed by atoms with van der Waals surface area (Å²) in [5.74, 6) is 0. The molecule has 0 radical (unpaired) electrons. The molecule has 3 N–H and O–H groups in total. The van der Waals surface area contributed by atoms with Crippen molar-refractivity contribution in [3.05, 3.63) is 48.0 Å². The van der Waals surface area contributed by atoms with Crippen LogP contribution < -0.4 is 10.2 Å². The summed E-state index contributed by atoms with van der Waals surface area (Å²) >= 11 is 0. The van der Waals surface area contributed by atoms with Crippen LogP contribution >= 0.6 is 0 Å². The average molecular weight is 228 g/mol. The van der Waals surface area contributed by atoms with E-state index < -0.39 is 0 Å². The fourth-order valence-corrected chi connectivity index (χ4v) is 2.70. The predicted octanol–water partition coefficient (Wildman–Crippen LogP) is -0.198. The highest BCUT2D eigenvalue weighted by atomic mass is 15.2. The van der Waals surface area contributed by atoms with E-state index in [9.17, 15) is 0 Å². The highest BCUT2D eigenvalue weighted by molar-refractivity contribution is 5.82. The van der Waals surface area contributed by atoms with Gasteiger partial charge in [0.15, 0.2) is 0 Å². The SMILES string of the molecule is c1ccc2cc(C[NH+]3CC[NH2+]CC3)ccc2c1. The molecule has 1 fully saturated rings. The quantitative estimate of drug-likeness (QED) is 0.710. The first-order valence-electron chi connectivity index (χ1n) is 6.55. The molecule has 0 bridgehead atoms. The van der Waals surface area contributed by atoms with Crippen molar-refractivity contribution in [2.24, 2.45) is 0 Å². The number of fused-ring (bicyclic) bond motifs is 1. The van der Waals surface area contributed by atoms with Crippen LogP contribution in [0.1, 0.15) is 5.56 Å². The molecule has 1 heterocycles. The van der Waals surface area contributed by atoms with E-state index in [-0.39, 0.29) is 0 Å². The van der Waals surface area contributed by atoms with Crippen LogP contribution in [0.25, 0.3) is 10.8 Å². The Labute approximate surface area is 102 Å². The third kappa shape index (κ3) is 2.48. The van der Waals surface area contributed by atoms with Gasteiger partial charge in [0.2, 0.25) is 0 Å². The van der Waals surface area contributed by atoms with Crippen LogP contribution in [0.2, 0.25) is 0 Å². The standard InChI is InChI=1S/C15H18N2/c1-2-4-15-11-13(5-6-14(15)3-1)12-17-9-7-16-8-10-17/h1-6,11,16H,7-10,12H2/p+2. The maximum Gasteiger partial charge on any atom is 0.127 e. The van der Waals surface area contributed by atoms with Crippen LogP contribution in [-0.4, -0.2) is 26.2 Å². The molecule has 3 rings (SSSR count). The molecule has 2 heteroatoms. The summed E-state index contributed by atoms with van der Waals surface area (Å²) in [7, 11) is 0. The second kappa shape index (κ2) is 4.86. The summed E-state index contributed by atoms with van der Waals surface area (Å²) < 4.78 is 0. The molecule has 0 spiro atoms. The highest BCUT2D eigenvalue weighted by Crippen LogP contribution is 2.14. The number of rotatable bonds is 2. The number of quaternary nitrogens is 2. The number of benzene rings is 2. The van der Waals surface area contributed by atoms with Crippen molar-refractivity contribution in [2.75, 3.05) is 26.2 Å². The lowest BCUT2D eigenvalue weighted by Crippen LogP contribution is -3.19. The molecule has 1 aliphatic heterocycles. The van der Waals surface area contributed by atoms with Crippen molar-refractivity contribution in [1.29, 1.82) is 0 Å². The van der Waals surface area contributed by atoms with Crippen molar-refractivity contribution in [3.8, 4) is 0 Å². The van der Waals surface area contributed by atoms with E-state index >= 15 is 0 Å². The van der Waals surface area contributed by atoms with Crippen LogP contribution in [0.3, 0.4) is 0 Å². The maximum atomic E-state index is 2.42. The second-order valence-electron chi connectivity index (χ2n) is 4.97. The van der Waals surface area contributed by atoms with Crippen molar-refractivity contribution < 1.29 is 10.2 Å². The minimum absolute atomic E-state index is 1.18. The zero-order chi connectivity index (χ0) is 11.5. The summed E-state index contributed by atoms with van der Waals surface area (Å²) in [6.45, 7) is 6.34. The van der Waals surface area contributed by atoms with Gasteiger partial charge in [-0.15, -0.1) is 0 Å². The van der Waals surface area contributed by atoms with E-state index in [4.69, 9.17) is 0 Å². The van der Waals surface area contributed by atoms with Crippen LogP contribution in [0, 0.1) is 0 Å². The molecule has 0 amide bonds. The molecule has 2 nitrogen and oxygen atoms in total. The summed E-state index contributed by atoms with van der Waals surface area (Å²) in [5, 5.41) is 5.13. The van der Waals surface area contributed by atoms with Gasteiger partial charge in [0.05, 0.1) is 0 Å². The zero-order valence-corrected chi connectivity index (χ0v) is 10.2. The molecule has 1 saturated heterocycles. The molecule has 0 saturated carbocycles. The van der Waals surface area contributed by atoms with Crippen molar-refractivity contribution >= 4 is 10.8 Å². The summed E-state index contributed by atoms with van der Waals surface area (Å²) in [6, 6.07) is 15.5. The van der Waals surface area contributed by atoms with Gasteiger partial charge >= 0.3 is 0 Å². The molecule has 1 aliphatic rings. The first kappa shape index (κ1) is 10.8. The van der Waals surface area contributed by atoms with Crippen molar-refractivity contribution in [1.82, 2.24) is 0 Å². The Bertz CT molecular complexity index is 501. The third-order valence-corrected chi connectivity index (χ3v) is 3.67. The lowest BCUT2D eigenvalue weighted by Gasteiger charge is -2.22. The minimum atomic E-state index is 1.18. The van der Waals surface area contributed by atoms with E-state index in [1.165, 1.54) is 49.1 Å². The first-order valence-corrected chi connectivity index (χ1v) is 6.55. The Morgan fingerprint density at radius 2 is 1.71 bits per heavy atom. The summed E-state index contributed by atoms with van der Waals surface area (Å²) in [5.41, 5.74) is 1.47. The third-order valence-electron chi connectivity index (χ3n) is 3.67. The van der Waals surface area contributed by atoms with Gasteiger partial charge in [0.1, 0.15) is 32.7 Å². The fourth-order valence-electron chi connectivity index (χ4n) is 2.70. The van der Waals surface area contributed by atoms with E-state index in [2.05, 4.69) is 47.8 Å². The van der Waals surface area contributed by atoms with Gasteiger partial charge in [-0.3, -0.25) is 0 Å². The molecule has 0 aromatic heterocycles. The van der Waals surface area contributed by atoms with Gasteiger partial charge < -0.3 is 10.2 Å². The van der Waals surface area contributed by atoms with Crippen molar-refractivity contribution in [3.63, 3.8) is 0 Å². The second-order valence-corrected chi connectivity index (χ2v) is 4.97. The maximum absolute atomic E-state index is 2.42. The van der Waals surface area contributed by atoms with E-state index in [1.807, 2.05) is 0 Å². The van der Waals surface area contributed by atoms with Crippen LogP contribution in [0.4, 0.5) is 0 Å². The topological polar surface area (TPSA) is 21.1 Å². The molecule has 2 aromatic rings. The van der Waals surface area contributed by atoms with Crippen LogP contribution in [0.5, 0.6) is 0 Å². The van der Waals surface area contributed by atoms with E-state index in [0.717, 1.165) is 0 Å². The van der Waals surface area contributed by atoms with E-state index in [1.54, 1.807) is 4.90 Å². The lowest BCUT2D eigenvalue weighted by atomic mass is 10.1. The highest BCUT2D eigenvalue weighted by Gasteiger charge is 2.15. The monoisotopic (exact) mass is 228 g/mol. The molecular weight excluding hydrogens is 208 g/mol. The smallest absolute Gasteiger partial charge is 0.127 e. The van der Waals surface area contributed by atoms with Crippen LogP contribution in [-0.2, 0) is 6.54 Å². The van der Waals surface area contributed by atoms with E-state index in [0.29, 0.717) is 0 Å².